The van der Waals surface area contributed by atoms with E-state index in [1.807, 2.05) is 28.0 Å². The first-order valence-corrected chi connectivity index (χ1v) is 9.83. The number of benzene rings is 1. The summed E-state index contributed by atoms with van der Waals surface area (Å²) in [7, 11) is 0. The van der Waals surface area contributed by atoms with Gasteiger partial charge in [-0.2, -0.15) is 0 Å². The van der Waals surface area contributed by atoms with E-state index in [4.69, 9.17) is 0 Å². The van der Waals surface area contributed by atoms with Gasteiger partial charge in [-0.05, 0) is 24.8 Å². The molecular formula is C21H30N2O2. The van der Waals surface area contributed by atoms with E-state index in [1.165, 1.54) is 12.8 Å². The molecule has 4 heteroatoms. The molecule has 1 unspecified atom stereocenters. The maximum absolute atomic E-state index is 13.0. The number of piperazine rings is 1. The normalized spacial score (nSPS) is 19.9. The second-order valence-electron chi connectivity index (χ2n) is 7.38. The first-order chi connectivity index (χ1) is 12.2. The molecular weight excluding hydrogens is 312 g/mol. The van der Waals surface area contributed by atoms with Crippen molar-refractivity contribution in [3.05, 3.63) is 35.9 Å². The molecule has 1 aromatic carbocycles. The smallest absolute Gasteiger partial charge is 0.230 e. The molecule has 1 heterocycles. The van der Waals surface area contributed by atoms with Gasteiger partial charge in [0.05, 0.1) is 5.92 Å². The zero-order chi connectivity index (χ0) is 17.6. The first-order valence-electron chi connectivity index (χ1n) is 9.83. The monoisotopic (exact) mass is 342 g/mol. The van der Waals surface area contributed by atoms with E-state index < -0.39 is 0 Å². The largest absolute Gasteiger partial charge is 0.339 e. The summed E-state index contributed by atoms with van der Waals surface area (Å²) in [6.07, 6.45) is 6.33. The molecule has 3 rings (SSSR count). The van der Waals surface area contributed by atoms with Crippen molar-refractivity contribution < 1.29 is 9.59 Å². The van der Waals surface area contributed by atoms with E-state index in [9.17, 15) is 9.59 Å². The highest BCUT2D eigenvalue weighted by atomic mass is 16.2. The van der Waals surface area contributed by atoms with E-state index in [0.29, 0.717) is 32.1 Å². The Hall–Kier alpha value is -1.84. The fraction of sp³-hybridized carbons (Fsp3) is 0.619. The van der Waals surface area contributed by atoms with Crippen LogP contribution in [0.25, 0.3) is 0 Å². The second-order valence-corrected chi connectivity index (χ2v) is 7.38. The van der Waals surface area contributed by atoms with Crippen LogP contribution in [-0.4, -0.2) is 47.8 Å². The molecule has 136 valence electrons. The summed E-state index contributed by atoms with van der Waals surface area (Å²) in [6.45, 7) is 4.85. The lowest BCUT2D eigenvalue weighted by atomic mass is 9.93. The Morgan fingerprint density at radius 2 is 1.60 bits per heavy atom. The van der Waals surface area contributed by atoms with Crippen LogP contribution in [0.4, 0.5) is 0 Å². The minimum absolute atomic E-state index is 0.0525. The molecule has 1 aliphatic carbocycles. The van der Waals surface area contributed by atoms with Crippen molar-refractivity contribution in [2.45, 2.75) is 51.4 Å². The molecule has 4 nitrogen and oxygen atoms in total. The predicted octanol–water partition coefficient (Wildman–Crippen LogP) is 3.43. The van der Waals surface area contributed by atoms with Crippen molar-refractivity contribution in [3.8, 4) is 0 Å². The molecule has 0 radical (unpaired) electrons. The van der Waals surface area contributed by atoms with Crippen molar-refractivity contribution in [2.75, 3.05) is 26.2 Å². The van der Waals surface area contributed by atoms with Crippen LogP contribution in [0.3, 0.4) is 0 Å². The fourth-order valence-electron chi connectivity index (χ4n) is 4.21. The van der Waals surface area contributed by atoms with E-state index in [1.54, 1.807) is 0 Å². The SMILES string of the molecule is CCCC(C(=O)N1CCN(C(=O)C2CCCC2)CC1)c1ccccc1. The Bertz CT molecular complexity index is 573. The maximum Gasteiger partial charge on any atom is 0.230 e. The zero-order valence-corrected chi connectivity index (χ0v) is 15.3. The molecule has 1 saturated heterocycles. The highest BCUT2D eigenvalue weighted by Crippen LogP contribution is 2.28. The quantitative estimate of drug-likeness (QED) is 0.822. The van der Waals surface area contributed by atoms with E-state index in [0.717, 1.165) is 31.2 Å². The van der Waals surface area contributed by atoms with Gasteiger partial charge < -0.3 is 9.80 Å². The molecule has 0 aromatic heterocycles. The second kappa shape index (κ2) is 8.50. The Balaban J connectivity index is 1.59. The van der Waals surface area contributed by atoms with Crippen LogP contribution in [0.1, 0.15) is 56.9 Å². The molecule has 1 aliphatic heterocycles. The summed E-state index contributed by atoms with van der Waals surface area (Å²) in [4.78, 5) is 29.5. The molecule has 1 aromatic rings. The minimum atomic E-state index is -0.0525. The lowest BCUT2D eigenvalue weighted by Crippen LogP contribution is -2.52. The Kier molecular flexibility index (Phi) is 6.11. The minimum Gasteiger partial charge on any atom is -0.339 e. The summed E-state index contributed by atoms with van der Waals surface area (Å²) in [5, 5.41) is 0. The number of amides is 2. The summed E-state index contributed by atoms with van der Waals surface area (Å²) in [5.41, 5.74) is 1.11. The van der Waals surface area contributed by atoms with Crippen molar-refractivity contribution in [1.29, 1.82) is 0 Å². The number of carbonyl (C=O) groups is 2. The van der Waals surface area contributed by atoms with Gasteiger partial charge in [0.25, 0.3) is 0 Å². The van der Waals surface area contributed by atoms with Crippen LogP contribution in [0.5, 0.6) is 0 Å². The molecule has 25 heavy (non-hydrogen) atoms. The van der Waals surface area contributed by atoms with Crippen molar-refractivity contribution in [1.82, 2.24) is 9.80 Å². The Morgan fingerprint density at radius 3 is 2.20 bits per heavy atom. The third kappa shape index (κ3) is 4.23. The van der Waals surface area contributed by atoms with Crippen LogP contribution in [-0.2, 0) is 9.59 Å². The number of nitrogens with zero attached hydrogens (tertiary/aromatic N) is 2. The topological polar surface area (TPSA) is 40.6 Å². The average molecular weight is 342 g/mol. The number of rotatable bonds is 5. The number of carbonyl (C=O) groups excluding carboxylic acids is 2. The molecule has 2 aliphatic rings. The summed E-state index contributed by atoms with van der Waals surface area (Å²) in [6, 6.07) is 10.1. The van der Waals surface area contributed by atoms with Crippen molar-refractivity contribution >= 4 is 11.8 Å². The van der Waals surface area contributed by atoms with Gasteiger partial charge in [-0.15, -0.1) is 0 Å². The third-order valence-electron chi connectivity index (χ3n) is 5.68. The van der Waals surface area contributed by atoms with E-state index >= 15 is 0 Å². The van der Waals surface area contributed by atoms with E-state index in [2.05, 4.69) is 19.1 Å². The molecule has 1 saturated carbocycles. The van der Waals surface area contributed by atoms with Gasteiger partial charge in [-0.25, -0.2) is 0 Å². The highest BCUT2D eigenvalue weighted by Gasteiger charge is 2.32. The van der Waals surface area contributed by atoms with Crippen LogP contribution in [0, 0.1) is 5.92 Å². The van der Waals surface area contributed by atoms with Gasteiger partial charge in [0, 0.05) is 32.1 Å². The number of hydrogen-bond donors (Lipinski definition) is 0. The predicted molar refractivity (Wildman–Crippen MR) is 99.2 cm³/mol. The Labute approximate surface area is 151 Å². The van der Waals surface area contributed by atoms with Gasteiger partial charge >= 0.3 is 0 Å². The molecule has 1 atom stereocenters. The zero-order valence-electron chi connectivity index (χ0n) is 15.3. The third-order valence-corrected chi connectivity index (χ3v) is 5.68. The molecule has 2 fully saturated rings. The molecule has 0 bridgehead atoms. The summed E-state index contributed by atoms with van der Waals surface area (Å²) >= 11 is 0. The highest BCUT2D eigenvalue weighted by molar-refractivity contribution is 5.84. The summed E-state index contributed by atoms with van der Waals surface area (Å²) in [5.74, 6) is 0.724. The van der Waals surface area contributed by atoms with Crippen LogP contribution in [0.2, 0.25) is 0 Å². The van der Waals surface area contributed by atoms with Crippen LogP contribution in [0.15, 0.2) is 30.3 Å². The van der Waals surface area contributed by atoms with Gasteiger partial charge in [0.2, 0.25) is 11.8 Å². The van der Waals surface area contributed by atoms with Gasteiger partial charge in [0.1, 0.15) is 0 Å². The van der Waals surface area contributed by atoms with Crippen molar-refractivity contribution in [3.63, 3.8) is 0 Å². The van der Waals surface area contributed by atoms with Crippen LogP contribution < -0.4 is 0 Å². The molecule has 0 N–H and O–H groups in total. The van der Waals surface area contributed by atoms with Crippen molar-refractivity contribution in [2.24, 2.45) is 5.92 Å². The lowest BCUT2D eigenvalue weighted by molar-refractivity contribution is -0.142. The van der Waals surface area contributed by atoms with Crippen LogP contribution >= 0.6 is 0 Å². The summed E-state index contributed by atoms with van der Waals surface area (Å²) < 4.78 is 0. The average Bonchev–Trinajstić information content (AvgIpc) is 3.20. The van der Waals surface area contributed by atoms with Gasteiger partial charge in [0.15, 0.2) is 0 Å². The molecule has 0 spiro atoms. The Morgan fingerprint density at radius 1 is 1.00 bits per heavy atom. The van der Waals surface area contributed by atoms with Gasteiger partial charge in [-0.3, -0.25) is 9.59 Å². The first kappa shape index (κ1) is 18.0. The molecule has 2 amide bonds. The standard InChI is InChI=1S/C21H30N2O2/c1-2-8-19(17-9-4-3-5-10-17)21(25)23-15-13-22(14-16-23)20(24)18-11-6-7-12-18/h3-5,9-10,18-19H,2,6-8,11-16H2,1H3. The fourth-order valence-corrected chi connectivity index (χ4v) is 4.21. The van der Waals surface area contributed by atoms with E-state index in [-0.39, 0.29) is 17.7 Å². The van der Waals surface area contributed by atoms with Gasteiger partial charge in [-0.1, -0.05) is 56.5 Å². The number of hydrogen-bond acceptors (Lipinski definition) is 2. The maximum atomic E-state index is 13.0. The lowest BCUT2D eigenvalue weighted by Gasteiger charge is -2.37.